The zero-order valence-electron chi connectivity index (χ0n) is 29.7. The third-order valence-electron chi connectivity index (χ3n) is 9.23. The molecule has 0 fully saturated rings. The molecule has 2 rings (SSSR count). The summed E-state index contributed by atoms with van der Waals surface area (Å²) in [5.41, 5.74) is -1.29. The molecule has 0 spiro atoms. The average Bonchev–Trinajstić information content (AvgIpc) is 3.06. The molecule has 0 aromatic heterocycles. The summed E-state index contributed by atoms with van der Waals surface area (Å²) in [5.74, 6) is -1.93. The van der Waals surface area contributed by atoms with Crippen LogP contribution in [-0.2, 0) is 29.9 Å². The number of phenolic OH excluding ortho intramolecular Hbond substituents is 2. The number of hydrogen-bond donors (Lipinski definition) is 8. The third kappa shape index (κ3) is 13.6. The highest BCUT2D eigenvalue weighted by Gasteiger charge is 2.52. The fraction of sp³-hybridized carbons (Fsp3) is 0.618. The second kappa shape index (κ2) is 21.5. The van der Waals surface area contributed by atoms with Crippen LogP contribution < -0.4 is 0 Å². The first kappa shape index (κ1) is 44.9. The number of aliphatic hydroxyl groups excluding tert-OH is 2. The molecule has 17 heteroatoms. The lowest BCUT2D eigenvalue weighted by molar-refractivity contribution is -0.120. The first-order valence-corrected chi connectivity index (χ1v) is 20.5. The Labute approximate surface area is 300 Å². The van der Waals surface area contributed by atoms with E-state index in [9.17, 15) is 53.9 Å². The van der Waals surface area contributed by atoms with Crippen molar-refractivity contribution in [3.8, 4) is 11.5 Å². The zero-order valence-corrected chi connectivity index (χ0v) is 31.4. The SMILES string of the molecule is CCC(N(Cc1ccccc1O)C(CO)C(CO)(CCCCCC(=O)CCOCCOC)N(CP(=O)(O)O)C(C)c1ccccc1O)P(=O)(O)O. The molecule has 0 heterocycles. The number of benzene rings is 2. The first-order valence-electron chi connectivity index (χ1n) is 17.0. The highest BCUT2D eigenvalue weighted by molar-refractivity contribution is 7.52. The molecule has 0 saturated carbocycles. The fourth-order valence-electron chi connectivity index (χ4n) is 6.63. The van der Waals surface area contributed by atoms with E-state index in [0.717, 1.165) is 0 Å². The van der Waals surface area contributed by atoms with Gasteiger partial charge in [-0.05, 0) is 38.3 Å². The minimum Gasteiger partial charge on any atom is -0.508 e. The summed E-state index contributed by atoms with van der Waals surface area (Å²) >= 11 is 0. The fourth-order valence-corrected chi connectivity index (χ4v) is 8.66. The van der Waals surface area contributed by atoms with Gasteiger partial charge in [-0.25, -0.2) is 0 Å². The van der Waals surface area contributed by atoms with Gasteiger partial charge in [0.05, 0.1) is 44.6 Å². The second-order valence-corrected chi connectivity index (χ2v) is 16.1. The average molecular weight is 763 g/mol. The normalized spacial score (nSPS) is 15.5. The summed E-state index contributed by atoms with van der Waals surface area (Å²) in [6.45, 7) is 2.18. The van der Waals surface area contributed by atoms with Crippen molar-refractivity contribution in [1.29, 1.82) is 0 Å². The standard InChI is InChI=1S/C34H56N2O13P2/c1-4-33(51(45,46)47)35(22-27-12-7-9-15-30(27)40)32(23-37)34(24-38,18-11-5-6-13-28(39)17-19-49-21-20-48-3)36(25-50(42,43)44)26(2)29-14-8-10-16-31(29)41/h7-10,12,14-16,26,32-33,37-38,40-41H,4-6,11,13,17-25H2,1-3H3,(H2,42,43,44)(H2,45,46,47). The molecule has 0 bridgehead atoms. The third-order valence-corrected chi connectivity index (χ3v) is 11.3. The second-order valence-electron chi connectivity index (χ2n) is 12.7. The minimum atomic E-state index is -4.97. The van der Waals surface area contributed by atoms with Gasteiger partial charge in [0.1, 0.15) is 29.4 Å². The van der Waals surface area contributed by atoms with Crippen LogP contribution in [0.25, 0.3) is 0 Å². The molecule has 4 atom stereocenters. The Morgan fingerprint density at radius 2 is 1.53 bits per heavy atom. The van der Waals surface area contributed by atoms with E-state index < -0.39 is 58.1 Å². The van der Waals surface area contributed by atoms with Crippen molar-refractivity contribution >= 4 is 21.0 Å². The number of rotatable bonds is 26. The molecule has 290 valence electrons. The molecular formula is C34H56N2O13P2. The van der Waals surface area contributed by atoms with Gasteiger partial charge in [0.2, 0.25) is 0 Å². The van der Waals surface area contributed by atoms with Crippen molar-refractivity contribution < 1.29 is 63.4 Å². The van der Waals surface area contributed by atoms with Gasteiger partial charge in [0.15, 0.2) is 0 Å². The molecular weight excluding hydrogens is 706 g/mol. The van der Waals surface area contributed by atoms with Gasteiger partial charge >= 0.3 is 15.2 Å². The van der Waals surface area contributed by atoms with E-state index in [2.05, 4.69) is 0 Å². The van der Waals surface area contributed by atoms with Crippen LogP contribution in [0.5, 0.6) is 11.5 Å². The van der Waals surface area contributed by atoms with Gasteiger partial charge in [0.25, 0.3) is 0 Å². The van der Waals surface area contributed by atoms with Crippen molar-refractivity contribution in [2.24, 2.45) is 0 Å². The van der Waals surface area contributed by atoms with E-state index in [1.165, 1.54) is 28.9 Å². The molecule has 15 nitrogen and oxygen atoms in total. The number of aromatic hydroxyl groups is 2. The Morgan fingerprint density at radius 1 is 0.882 bits per heavy atom. The Bertz CT molecular complexity index is 1440. The van der Waals surface area contributed by atoms with Crippen LogP contribution in [0.15, 0.2) is 48.5 Å². The molecule has 0 aliphatic heterocycles. The summed E-state index contributed by atoms with van der Waals surface area (Å²) < 4.78 is 36.1. The number of carbonyl (C=O) groups excluding carboxylic acids is 1. The molecule has 8 N–H and O–H groups in total. The maximum Gasteiger partial charge on any atom is 0.342 e. The summed E-state index contributed by atoms with van der Waals surface area (Å²) in [6, 6.07) is 9.89. The number of para-hydroxylation sites is 2. The smallest absolute Gasteiger partial charge is 0.342 e. The zero-order chi connectivity index (χ0) is 38.2. The van der Waals surface area contributed by atoms with E-state index in [4.69, 9.17) is 9.47 Å². The van der Waals surface area contributed by atoms with Crippen LogP contribution in [0.4, 0.5) is 0 Å². The lowest BCUT2D eigenvalue weighted by Crippen LogP contribution is -2.67. The van der Waals surface area contributed by atoms with Gasteiger partial charge in [0, 0.05) is 43.7 Å². The number of carbonyl (C=O) groups is 1. The van der Waals surface area contributed by atoms with Gasteiger partial charge in [-0.2, -0.15) is 0 Å². The number of ether oxygens (including phenoxy) is 2. The van der Waals surface area contributed by atoms with E-state index >= 15 is 0 Å². The summed E-state index contributed by atoms with van der Waals surface area (Å²) in [7, 11) is -8.36. The van der Waals surface area contributed by atoms with Crippen molar-refractivity contribution in [1.82, 2.24) is 9.80 Å². The predicted octanol–water partition coefficient (Wildman–Crippen LogP) is 3.68. The molecule has 51 heavy (non-hydrogen) atoms. The highest BCUT2D eigenvalue weighted by Crippen LogP contribution is 2.50. The number of hydrogen-bond acceptors (Lipinski definition) is 11. The van der Waals surface area contributed by atoms with E-state index in [1.54, 1.807) is 50.4 Å². The van der Waals surface area contributed by atoms with Crippen LogP contribution in [0.2, 0.25) is 0 Å². The molecule has 2 aromatic rings. The van der Waals surface area contributed by atoms with Crippen LogP contribution in [-0.4, -0.2) is 119 Å². The van der Waals surface area contributed by atoms with Gasteiger partial charge in [-0.1, -0.05) is 56.2 Å². The van der Waals surface area contributed by atoms with E-state index in [0.29, 0.717) is 26.1 Å². The van der Waals surface area contributed by atoms with Crippen molar-refractivity contribution in [3.63, 3.8) is 0 Å². The highest BCUT2D eigenvalue weighted by atomic mass is 31.2. The molecule has 2 aromatic carbocycles. The molecule has 0 amide bonds. The van der Waals surface area contributed by atoms with E-state index in [1.807, 2.05) is 0 Å². The lowest BCUT2D eigenvalue weighted by Gasteiger charge is -2.54. The number of Topliss-reactive ketones (excluding diaryl/α,β-unsaturated/α-hetero) is 1. The Kier molecular flexibility index (Phi) is 18.9. The number of methoxy groups -OCH3 is 1. The number of aliphatic hydroxyl groups is 2. The molecule has 4 unspecified atom stereocenters. The lowest BCUT2D eigenvalue weighted by atomic mass is 9.80. The van der Waals surface area contributed by atoms with Crippen molar-refractivity contribution in [2.75, 3.05) is 46.4 Å². The maximum atomic E-state index is 13.0. The molecule has 0 saturated heterocycles. The number of phenols is 2. The van der Waals surface area contributed by atoms with Crippen molar-refractivity contribution in [2.45, 2.75) is 88.7 Å². The maximum absolute atomic E-state index is 13.0. The number of ketones is 1. The Hall–Kier alpha value is -2.23. The predicted molar refractivity (Wildman–Crippen MR) is 191 cm³/mol. The molecule has 0 aliphatic carbocycles. The minimum absolute atomic E-state index is 0.0216. The molecule has 0 aliphatic rings. The Morgan fingerprint density at radius 3 is 2.08 bits per heavy atom. The van der Waals surface area contributed by atoms with Crippen molar-refractivity contribution in [3.05, 3.63) is 59.7 Å². The quantitative estimate of drug-likeness (QED) is 0.0504. The van der Waals surface area contributed by atoms with Crippen LogP contribution in [0.3, 0.4) is 0 Å². The van der Waals surface area contributed by atoms with Crippen LogP contribution in [0.1, 0.15) is 76.0 Å². The first-order chi connectivity index (χ1) is 24.1. The number of unbranched alkanes of at least 4 members (excludes halogenated alkanes) is 2. The summed E-state index contributed by atoms with van der Waals surface area (Å²) in [6.07, 6.45) is 0.482. The molecule has 0 radical (unpaired) electrons. The van der Waals surface area contributed by atoms with Gasteiger partial charge in [-0.3, -0.25) is 23.7 Å². The largest absolute Gasteiger partial charge is 0.508 e. The topological polar surface area (TPSA) is 238 Å². The van der Waals surface area contributed by atoms with E-state index in [-0.39, 0.29) is 73.7 Å². The van der Waals surface area contributed by atoms with Crippen LogP contribution >= 0.6 is 15.2 Å². The summed E-state index contributed by atoms with van der Waals surface area (Å²) in [5, 5.41) is 44.1. The Balaban J connectivity index is 2.67. The van der Waals surface area contributed by atoms with Crippen LogP contribution in [0, 0.1) is 0 Å². The van der Waals surface area contributed by atoms with Gasteiger partial charge < -0.3 is 49.5 Å². The summed E-state index contributed by atoms with van der Waals surface area (Å²) in [4.78, 5) is 57.0. The number of nitrogens with zero attached hydrogens (tertiary/aromatic N) is 2. The van der Waals surface area contributed by atoms with Gasteiger partial charge in [-0.15, -0.1) is 0 Å². The monoisotopic (exact) mass is 762 g/mol.